The number of aromatic nitrogens is 2. The molecule has 0 radical (unpaired) electrons. The first-order chi connectivity index (χ1) is 10.9. The molecule has 0 aliphatic carbocycles. The average Bonchev–Trinajstić information content (AvgIpc) is 3.00. The fraction of sp³-hybridized carbons (Fsp3) is 0.812. The molecule has 1 N–H and O–H groups in total. The lowest BCUT2D eigenvalue weighted by Crippen LogP contribution is -2.47. The summed E-state index contributed by atoms with van der Waals surface area (Å²) in [5.74, 6) is 1.21. The van der Waals surface area contributed by atoms with Gasteiger partial charge in [0.15, 0.2) is 5.82 Å². The van der Waals surface area contributed by atoms with E-state index in [1.165, 1.54) is 0 Å². The lowest BCUT2D eigenvalue weighted by atomic mass is 9.96. The van der Waals surface area contributed by atoms with Crippen LogP contribution in [0.2, 0.25) is 0 Å². The van der Waals surface area contributed by atoms with Crippen LogP contribution in [0.3, 0.4) is 0 Å². The predicted molar refractivity (Wildman–Crippen MR) is 86.2 cm³/mol. The Kier molecular flexibility index (Phi) is 6.12. The van der Waals surface area contributed by atoms with Crippen molar-refractivity contribution in [1.82, 2.24) is 20.4 Å². The molecule has 0 spiro atoms. The largest absolute Gasteiger partial charge is 0.379 e. The lowest BCUT2D eigenvalue weighted by Gasteiger charge is -2.32. The van der Waals surface area contributed by atoms with E-state index in [9.17, 15) is 4.79 Å². The van der Waals surface area contributed by atoms with Crippen molar-refractivity contribution in [3.8, 4) is 0 Å². The second kappa shape index (κ2) is 7.88. The molecule has 0 aromatic carbocycles. The van der Waals surface area contributed by atoms with Crippen molar-refractivity contribution in [2.45, 2.75) is 52.0 Å². The Bertz CT molecular complexity index is 504. The maximum atomic E-state index is 12.0. The van der Waals surface area contributed by atoms with Crippen molar-refractivity contribution in [3.63, 3.8) is 0 Å². The van der Waals surface area contributed by atoms with Crippen molar-refractivity contribution in [2.75, 3.05) is 32.8 Å². The highest BCUT2D eigenvalue weighted by atomic mass is 16.5. The number of hydrogen-bond donors (Lipinski definition) is 1. The molecule has 23 heavy (non-hydrogen) atoms. The molecule has 1 atom stereocenters. The first-order valence-electron chi connectivity index (χ1n) is 8.28. The Hall–Kier alpha value is -1.47. The van der Waals surface area contributed by atoms with E-state index in [2.05, 4.69) is 27.3 Å². The number of carbonyl (C=O) groups excluding carboxylic acids is 1. The second-order valence-corrected chi connectivity index (χ2v) is 7.06. The molecule has 1 aromatic rings. The maximum Gasteiger partial charge on any atom is 0.227 e. The summed E-state index contributed by atoms with van der Waals surface area (Å²) >= 11 is 0. The zero-order valence-corrected chi connectivity index (χ0v) is 14.6. The van der Waals surface area contributed by atoms with Crippen molar-refractivity contribution < 1.29 is 14.1 Å². The van der Waals surface area contributed by atoms with Gasteiger partial charge in [0.1, 0.15) is 0 Å². The highest BCUT2D eigenvalue weighted by Gasteiger charge is 2.21. The van der Waals surface area contributed by atoms with Gasteiger partial charge < -0.3 is 14.6 Å². The normalized spacial score (nSPS) is 17.9. The maximum absolute atomic E-state index is 12.0. The molecule has 0 saturated carbocycles. The van der Waals surface area contributed by atoms with Crippen LogP contribution in [-0.4, -0.2) is 59.8 Å². The zero-order valence-electron chi connectivity index (χ0n) is 14.6. The minimum Gasteiger partial charge on any atom is -0.379 e. The SMILES string of the molecule is CC(CNC(=O)CCc1nc(C(C)(C)C)no1)N1CCOCC1. The third kappa shape index (κ3) is 5.58. The number of amides is 1. The molecule has 1 saturated heterocycles. The van der Waals surface area contributed by atoms with Crippen molar-refractivity contribution >= 4 is 5.91 Å². The van der Waals surface area contributed by atoms with Crippen LogP contribution >= 0.6 is 0 Å². The molecule has 2 rings (SSSR count). The van der Waals surface area contributed by atoms with E-state index in [-0.39, 0.29) is 11.3 Å². The van der Waals surface area contributed by atoms with E-state index in [1.807, 2.05) is 20.8 Å². The van der Waals surface area contributed by atoms with E-state index < -0.39 is 0 Å². The Morgan fingerprint density at radius 3 is 2.65 bits per heavy atom. The van der Waals surface area contributed by atoms with Crippen LogP contribution in [0, 0.1) is 0 Å². The summed E-state index contributed by atoms with van der Waals surface area (Å²) in [6.07, 6.45) is 0.836. The number of nitrogens with zero attached hydrogens (tertiary/aromatic N) is 3. The minimum absolute atomic E-state index is 0.0145. The fourth-order valence-electron chi connectivity index (χ4n) is 2.38. The van der Waals surface area contributed by atoms with Crippen LogP contribution in [0.15, 0.2) is 4.52 Å². The van der Waals surface area contributed by atoms with Gasteiger partial charge in [-0.2, -0.15) is 4.98 Å². The van der Waals surface area contributed by atoms with Gasteiger partial charge in [-0.25, -0.2) is 0 Å². The second-order valence-electron chi connectivity index (χ2n) is 7.06. The number of aryl methyl sites for hydroxylation is 1. The van der Waals surface area contributed by atoms with Crippen LogP contribution in [0.4, 0.5) is 0 Å². The summed E-state index contributed by atoms with van der Waals surface area (Å²) in [5.41, 5.74) is -0.141. The van der Waals surface area contributed by atoms with Crippen molar-refractivity contribution in [3.05, 3.63) is 11.7 Å². The molecule has 0 bridgehead atoms. The quantitative estimate of drug-likeness (QED) is 0.845. The third-order valence-electron chi connectivity index (χ3n) is 3.97. The Balaban J connectivity index is 1.69. The van der Waals surface area contributed by atoms with Gasteiger partial charge in [-0.05, 0) is 6.92 Å². The van der Waals surface area contributed by atoms with Gasteiger partial charge in [0.05, 0.1) is 13.2 Å². The molecule has 7 heteroatoms. The standard InChI is InChI=1S/C16H28N4O3/c1-12(20-7-9-22-10-8-20)11-17-13(21)5-6-14-18-15(19-23-14)16(2,3)4/h12H,5-11H2,1-4H3,(H,17,21). The van der Waals surface area contributed by atoms with Gasteiger partial charge in [0.2, 0.25) is 11.8 Å². The number of morpholine rings is 1. The molecule has 1 fully saturated rings. The van der Waals surface area contributed by atoms with Crippen LogP contribution in [-0.2, 0) is 21.4 Å². The first kappa shape index (κ1) is 17.9. The Morgan fingerprint density at radius 2 is 2.04 bits per heavy atom. The van der Waals surface area contributed by atoms with Gasteiger partial charge in [-0.15, -0.1) is 0 Å². The average molecular weight is 324 g/mol. The molecule has 7 nitrogen and oxygen atoms in total. The van der Waals surface area contributed by atoms with E-state index in [4.69, 9.17) is 9.26 Å². The predicted octanol–water partition coefficient (Wildman–Crippen LogP) is 1.14. The van der Waals surface area contributed by atoms with Crippen LogP contribution < -0.4 is 5.32 Å². The number of ether oxygens (including phenoxy) is 1. The molecule has 1 aliphatic heterocycles. The van der Waals surface area contributed by atoms with Gasteiger partial charge in [0.25, 0.3) is 0 Å². The van der Waals surface area contributed by atoms with Crippen LogP contribution in [0.1, 0.15) is 45.8 Å². The Labute approximate surface area is 137 Å². The molecule has 130 valence electrons. The van der Waals surface area contributed by atoms with Crippen molar-refractivity contribution in [1.29, 1.82) is 0 Å². The van der Waals surface area contributed by atoms with Crippen molar-refractivity contribution in [2.24, 2.45) is 0 Å². The zero-order chi connectivity index (χ0) is 16.9. The number of carbonyl (C=O) groups is 1. The van der Waals surface area contributed by atoms with E-state index in [0.29, 0.717) is 37.1 Å². The smallest absolute Gasteiger partial charge is 0.227 e. The molecule has 1 amide bonds. The van der Waals surface area contributed by atoms with E-state index >= 15 is 0 Å². The summed E-state index contributed by atoms with van der Waals surface area (Å²) in [4.78, 5) is 18.6. The number of hydrogen-bond acceptors (Lipinski definition) is 6. The molecule has 1 aromatic heterocycles. The topological polar surface area (TPSA) is 80.5 Å². The van der Waals surface area contributed by atoms with E-state index in [0.717, 1.165) is 26.3 Å². The summed E-state index contributed by atoms with van der Waals surface area (Å²) in [6.45, 7) is 12.2. The molecule has 2 heterocycles. The highest BCUT2D eigenvalue weighted by molar-refractivity contribution is 5.76. The summed E-state index contributed by atoms with van der Waals surface area (Å²) < 4.78 is 10.5. The first-order valence-corrected chi connectivity index (χ1v) is 8.28. The summed E-state index contributed by atoms with van der Waals surface area (Å²) in [7, 11) is 0. The minimum atomic E-state index is -0.141. The molecule has 1 aliphatic rings. The van der Waals surface area contributed by atoms with E-state index in [1.54, 1.807) is 0 Å². The number of rotatable bonds is 6. The lowest BCUT2D eigenvalue weighted by molar-refractivity contribution is -0.121. The van der Waals surface area contributed by atoms with Gasteiger partial charge in [0, 0.05) is 43.9 Å². The molecular formula is C16H28N4O3. The van der Waals surface area contributed by atoms with Crippen LogP contribution in [0.5, 0.6) is 0 Å². The summed E-state index contributed by atoms with van der Waals surface area (Å²) in [6, 6.07) is 0.318. The third-order valence-corrected chi connectivity index (χ3v) is 3.97. The Morgan fingerprint density at radius 1 is 1.35 bits per heavy atom. The molecular weight excluding hydrogens is 296 g/mol. The monoisotopic (exact) mass is 324 g/mol. The van der Waals surface area contributed by atoms with Gasteiger partial charge in [-0.3, -0.25) is 9.69 Å². The van der Waals surface area contributed by atoms with Crippen LogP contribution in [0.25, 0.3) is 0 Å². The van der Waals surface area contributed by atoms with Gasteiger partial charge in [-0.1, -0.05) is 25.9 Å². The fourth-order valence-corrected chi connectivity index (χ4v) is 2.38. The van der Waals surface area contributed by atoms with Gasteiger partial charge >= 0.3 is 0 Å². The molecule has 1 unspecified atom stereocenters. The number of nitrogens with one attached hydrogen (secondary N) is 1. The summed E-state index contributed by atoms with van der Waals surface area (Å²) in [5, 5.41) is 6.94. The highest BCUT2D eigenvalue weighted by Crippen LogP contribution is 2.18.